The van der Waals surface area contributed by atoms with Crippen LogP contribution in [0.4, 0.5) is 5.69 Å². The minimum absolute atomic E-state index is 0.138. The Morgan fingerprint density at radius 2 is 1.64 bits per heavy atom. The van der Waals surface area contributed by atoms with Crippen molar-refractivity contribution >= 4 is 23.7 Å². The quantitative estimate of drug-likeness (QED) is 0.458. The van der Waals surface area contributed by atoms with Gasteiger partial charge in [0.15, 0.2) is 0 Å². The standard InChI is InChI=1S/C16H15N3O3/c1-11-2-6-13(7-3-11)18-15(21)16(22)19-17-10-12-4-8-14(20)9-5-12/h2-10,20H,1H3,(H,18,21)(H,19,22). The minimum Gasteiger partial charge on any atom is -0.508 e. The molecular formula is C16H15N3O3. The highest BCUT2D eigenvalue weighted by Crippen LogP contribution is 2.08. The minimum atomic E-state index is -0.865. The lowest BCUT2D eigenvalue weighted by atomic mass is 10.2. The number of rotatable bonds is 3. The summed E-state index contributed by atoms with van der Waals surface area (Å²) < 4.78 is 0. The zero-order valence-corrected chi connectivity index (χ0v) is 11.9. The predicted octanol–water partition coefficient (Wildman–Crippen LogP) is 1.79. The number of nitrogens with one attached hydrogen (secondary N) is 2. The highest BCUT2D eigenvalue weighted by atomic mass is 16.3. The summed E-state index contributed by atoms with van der Waals surface area (Å²) in [5, 5.41) is 15.3. The van der Waals surface area contributed by atoms with Crippen molar-refractivity contribution in [3.05, 3.63) is 59.7 Å². The summed E-state index contributed by atoms with van der Waals surface area (Å²) in [4.78, 5) is 23.2. The molecule has 6 nitrogen and oxygen atoms in total. The molecule has 112 valence electrons. The molecule has 0 bridgehead atoms. The van der Waals surface area contributed by atoms with Crippen LogP contribution >= 0.6 is 0 Å². The maximum atomic E-state index is 11.7. The molecule has 22 heavy (non-hydrogen) atoms. The van der Waals surface area contributed by atoms with E-state index in [9.17, 15) is 9.59 Å². The maximum Gasteiger partial charge on any atom is 0.329 e. The first kappa shape index (κ1) is 15.2. The van der Waals surface area contributed by atoms with Crippen LogP contribution in [0.5, 0.6) is 5.75 Å². The third-order valence-corrected chi connectivity index (χ3v) is 2.79. The van der Waals surface area contributed by atoms with Gasteiger partial charge in [-0.1, -0.05) is 17.7 Å². The van der Waals surface area contributed by atoms with E-state index >= 15 is 0 Å². The van der Waals surface area contributed by atoms with Crippen LogP contribution in [0.25, 0.3) is 0 Å². The van der Waals surface area contributed by atoms with E-state index in [-0.39, 0.29) is 5.75 Å². The molecule has 0 aliphatic rings. The number of phenolic OH excluding ortho intramolecular Hbond substituents is 1. The Kier molecular flexibility index (Phi) is 4.87. The van der Waals surface area contributed by atoms with Gasteiger partial charge in [0.2, 0.25) is 0 Å². The van der Waals surface area contributed by atoms with Crippen LogP contribution in [0.15, 0.2) is 53.6 Å². The molecule has 0 aliphatic carbocycles. The molecule has 3 N–H and O–H groups in total. The molecule has 6 heteroatoms. The van der Waals surface area contributed by atoms with Gasteiger partial charge in [0.05, 0.1) is 6.21 Å². The molecule has 0 aromatic heterocycles. The highest BCUT2D eigenvalue weighted by molar-refractivity contribution is 6.39. The summed E-state index contributed by atoms with van der Waals surface area (Å²) in [5.41, 5.74) is 4.40. The number of carbonyl (C=O) groups is 2. The maximum absolute atomic E-state index is 11.7. The second kappa shape index (κ2) is 7.03. The number of carbonyl (C=O) groups excluding carboxylic acids is 2. The lowest BCUT2D eigenvalue weighted by molar-refractivity contribution is -0.136. The number of aryl methyl sites for hydroxylation is 1. The summed E-state index contributed by atoms with van der Waals surface area (Å²) in [6.07, 6.45) is 1.37. The fraction of sp³-hybridized carbons (Fsp3) is 0.0625. The molecule has 0 radical (unpaired) electrons. The summed E-state index contributed by atoms with van der Waals surface area (Å²) in [5.74, 6) is -1.53. The van der Waals surface area contributed by atoms with Gasteiger partial charge < -0.3 is 10.4 Å². The monoisotopic (exact) mass is 297 g/mol. The number of anilines is 1. The third-order valence-electron chi connectivity index (χ3n) is 2.79. The van der Waals surface area contributed by atoms with Crippen LogP contribution in [0.2, 0.25) is 0 Å². The van der Waals surface area contributed by atoms with Crippen molar-refractivity contribution in [3.8, 4) is 5.75 Å². The lowest BCUT2D eigenvalue weighted by Gasteiger charge is -2.04. The molecule has 0 fully saturated rings. The van der Waals surface area contributed by atoms with Crippen molar-refractivity contribution in [2.24, 2.45) is 5.10 Å². The number of hydrazone groups is 1. The van der Waals surface area contributed by atoms with Crippen LogP contribution in [0.1, 0.15) is 11.1 Å². The average molecular weight is 297 g/mol. The molecule has 2 aromatic rings. The lowest BCUT2D eigenvalue weighted by Crippen LogP contribution is -2.32. The molecule has 0 atom stereocenters. The van der Waals surface area contributed by atoms with Gasteiger partial charge in [-0.2, -0.15) is 5.10 Å². The molecule has 0 unspecified atom stereocenters. The van der Waals surface area contributed by atoms with Crippen LogP contribution in [0, 0.1) is 6.92 Å². The van der Waals surface area contributed by atoms with Crippen LogP contribution in [0.3, 0.4) is 0 Å². The number of hydrogen-bond donors (Lipinski definition) is 3. The van der Waals surface area contributed by atoms with E-state index < -0.39 is 11.8 Å². The van der Waals surface area contributed by atoms with E-state index in [1.165, 1.54) is 18.3 Å². The van der Waals surface area contributed by atoms with Crippen molar-refractivity contribution in [3.63, 3.8) is 0 Å². The topological polar surface area (TPSA) is 90.8 Å². The van der Waals surface area contributed by atoms with Crippen LogP contribution < -0.4 is 10.7 Å². The SMILES string of the molecule is Cc1ccc(NC(=O)C(=O)NN=Cc2ccc(O)cc2)cc1. The fourth-order valence-electron chi connectivity index (χ4n) is 1.60. The van der Waals surface area contributed by atoms with Crippen molar-refractivity contribution in [1.29, 1.82) is 0 Å². The number of benzene rings is 2. The highest BCUT2D eigenvalue weighted by Gasteiger charge is 2.12. The second-order valence-electron chi connectivity index (χ2n) is 4.61. The predicted molar refractivity (Wildman–Crippen MR) is 83.7 cm³/mol. The van der Waals surface area contributed by atoms with E-state index in [0.717, 1.165) is 5.56 Å². The van der Waals surface area contributed by atoms with Gasteiger partial charge in [0.1, 0.15) is 5.75 Å². The van der Waals surface area contributed by atoms with Crippen LogP contribution in [-0.4, -0.2) is 23.1 Å². The van der Waals surface area contributed by atoms with Gasteiger partial charge in [-0.3, -0.25) is 9.59 Å². The van der Waals surface area contributed by atoms with Gasteiger partial charge in [-0.25, -0.2) is 5.43 Å². The molecule has 0 saturated carbocycles. The average Bonchev–Trinajstić information content (AvgIpc) is 2.51. The Balaban J connectivity index is 1.87. The first-order valence-electron chi connectivity index (χ1n) is 6.55. The largest absolute Gasteiger partial charge is 0.508 e. The smallest absolute Gasteiger partial charge is 0.329 e. The molecule has 2 aromatic carbocycles. The summed E-state index contributed by atoms with van der Waals surface area (Å²) in [6, 6.07) is 13.3. The van der Waals surface area contributed by atoms with Gasteiger partial charge in [-0.05, 0) is 48.9 Å². The molecular weight excluding hydrogens is 282 g/mol. The van der Waals surface area contributed by atoms with Crippen molar-refractivity contribution in [1.82, 2.24) is 5.43 Å². The van der Waals surface area contributed by atoms with Gasteiger partial charge in [0.25, 0.3) is 0 Å². The molecule has 0 saturated heterocycles. The van der Waals surface area contributed by atoms with E-state index in [1.54, 1.807) is 24.3 Å². The van der Waals surface area contributed by atoms with Crippen molar-refractivity contribution in [2.45, 2.75) is 6.92 Å². The molecule has 0 aliphatic heterocycles. The Morgan fingerprint density at radius 3 is 2.27 bits per heavy atom. The summed E-state index contributed by atoms with van der Waals surface area (Å²) >= 11 is 0. The van der Waals surface area contributed by atoms with E-state index in [0.29, 0.717) is 11.3 Å². The Labute approximate surface area is 127 Å². The summed E-state index contributed by atoms with van der Waals surface area (Å²) in [6.45, 7) is 1.93. The number of phenols is 1. The Hall–Kier alpha value is -3.15. The second-order valence-corrected chi connectivity index (χ2v) is 4.61. The number of hydrogen-bond acceptors (Lipinski definition) is 4. The molecule has 2 amide bonds. The van der Waals surface area contributed by atoms with Gasteiger partial charge in [-0.15, -0.1) is 0 Å². The first-order valence-corrected chi connectivity index (χ1v) is 6.55. The van der Waals surface area contributed by atoms with Crippen LogP contribution in [-0.2, 0) is 9.59 Å². The van der Waals surface area contributed by atoms with Gasteiger partial charge in [0, 0.05) is 5.69 Å². The van der Waals surface area contributed by atoms with E-state index in [4.69, 9.17) is 5.11 Å². The Morgan fingerprint density at radius 1 is 1.00 bits per heavy atom. The number of aromatic hydroxyl groups is 1. The zero-order chi connectivity index (χ0) is 15.9. The first-order chi connectivity index (χ1) is 10.5. The third kappa shape index (κ3) is 4.45. The molecule has 0 spiro atoms. The normalized spacial score (nSPS) is 10.4. The van der Waals surface area contributed by atoms with Gasteiger partial charge >= 0.3 is 11.8 Å². The van der Waals surface area contributed by atoms with E-state index in [2.05, 4.69) is 15.8 Å². The van der Waals surface area contributed by atoms with Crippen molar-refractivity contribution in [2.75, 3.05) is 5.32 Å². The molecule has 2 rings (SSSR count). The fourth-order valence-corrected chi connectivity index (χ4v) is 1.60. The number of amides is 2. The van der Waals surface area contributed by atoms with Crippen molar-refractivity contribution < 1.29 is 14.7 Å². The number of nitrogens with zero attached hydrogens (tertiary/aromatic N) is 1. The zero-order valence-electron chi connectivity index (χ0n) is 11.9. The Bertz CT molecular complexity index is 692. The summed E-state index contributed by atoms with van der Waals surface area (Å²) in [7, 11) is 0. The van der Waals surface area contributed by atoms with E-state index in [1.807, 2.05) is 19.1 Å². The molecule has 0 heterocycles.